The lowest BCUT2D eigenvalue weighted by molar-refractivity contribution is 0.448. The molecule has 0 spiro atoms. The van der Waals surface area contributed by atoms with Crippen molar-refractivity contribution in [3.8, 4) is 22.3 Å². The summed E-state index contributed by atoms with van der Waals surface area (Å²) in [4.78, 5) is 0. The van der Waals surface area contributed by atoms with Crippen molar-refractivity contribution in [2.75, 3.05) is 0 Å². The Balaban J connectivity index is 1.94. The van der Waals surface area contributed by atoms with Crippen LogP contribution in [-0.2, 0) is 0 Å². The van der Waals surface area contributed by atoms with Crippen LogP contribution >= 0.6 is 0 Å². The van der Waals surface area contributed by atoms with Crippen LogP contribution in [0, 0.1) is 23.3 Å². The molecule has 3 rings (SSSR count). The maximum Gasteiger partial charge on any atom is 0.194 e. The van der Waals surface area contributed by atoms with Crippen LogP contribution in [0.2, 0.25) is 0 Å². The van der Waals surface area contributed by atoms with Gasteiger partial charge in [0.15, 0.2) is 23.3 Å². The minimum absolute atomic E-state index is 0.126. The van der Waals surface area contributed by atoms with E-state index in [1.165, 1.54) is 43.3 Å². The Kier molecular flexibility index (Phi) is 5.58. The Bertz CT molecular complexity index is 1030. The molecule has 3 aromatic rings. The standard InChI is InChI=1S/C22H14F6/c1-2-17(23)21(27)14-7-8-16(18(24)9-14)13-5-3-12(4-6-13)15-10-19(25)22(28)20(26)11-15/h3-11H,2H2,1H3. The molecule has 0 heterocycles. The van der Waals surface area contributed by atoms with Gasteiger partial charge in [-0.15, -0.1) is 0 Å². The summed E-state index contributed by atoms with van der Waals surface area (Å²) in [7, 11) is 0. The van der Waals surface area contributed by atoms with Crippen molar-refractivity contribution in [1.82, 2.24) is 0 Å². The fourth-order valence-corrected chi connectivity index (χ4v) is 2.76. The Morgan fingerprint density at radius 3 is 1.79 bits per heavy atom. The molecule has 28 heavy (non-hydrogen) atoms. The molecule has 0 nitrogen and oxygen atoms in total. The second kappa shape index (κ2) is 7.92. The lowest BCUT2D eigenvalue weighted by atomic mass is 9.98. The highest BCUT2D eigenvalue weighted by Gasteiger charge is 2.14. The van der Waals surface area contributed by atoms with Gasteiger partial charge in [-0.2, -0.15) is 0 Å². The van der Waals surface area contributed by atoms with E-state index in [-0.39, 0.29) is 23.1 Å². The third kappa shape index (κ3) is 3.81. The van der Waals surface area contributed by atoms with E-state index in [0.717, 1.165) is 18.2 Å². The Hall–Kier alpha value is -3.02. The Labute approximate surface area is 157 Å². The van der Waals surface area contributed by atoms with Gasteiger partial charge in [0, 0.05) is 11.1 Å². The molecule has 3 aromatic carbocycles. The van der Waals surface area contributed by atoms with Crippen LogP contribution in [-0.4, -0.2) is 0 Å². The summed E-state index contributed by atoms with van der Waals surface area (Å²) in [5.41, 5.74) is 0.903. The molecule has 0 aliphatic carbocycles. The molecule has 0 aromatic heterocycles. The molecule has 0 unspecified atom stereocenters. The predicted octanol–water partition coefficient (Wildman–Crippen LogP) is 7.59. The first-order valence-corrected chi connectivity index (χ1v) is 8.41. The summed E-state index contributed by atoms with van der Waals surface area (Å²) in [6, 6.07) is 11.2. The summed E-state index contributed by atoms with van der Waals surface area (Å²) < 4.78 is 81.4. The number of rotatable bonds is 4. The first kappa shape index (κ1) is 19.7. The van der Waals surface area contributed by atoms with E-state index < -0.39 is 34.9 Å². The zero-order chi connectivity index (χ0) is 20.4. The van der Waals surface area contributed by atoms with Crippen LogP contribution in [0.4, 0.5) is 26.3 Å². The van der Waals surface area contributed by atoms with E-state index in [2.05, 4.69) is 0 Å². The van der Waals surface area contributed by atoms with Gasteiger partial charge in [-0.3, -0.25) is 0 Å². The van der Waals surface area contributed by atoms with Gasteiger partial charge >= 0.3 is 0 Å². The molecule has 6 heteroatoms. The lowest BCUT2D eigenvalue weighted by Gasteiger charge is -2.08. The maximum atomic E-state index is 14.4. The van der Waals surface area contributed by atoms with Crippen LogP contribution in [0.25, 0.3) is 28.1 Å². The highest BCUT2D eigenvalue weighted by molar-refractivity contribution is 5.72. The van der Waals surface area contributed by atoms with Crippen molar-refractivity contribution >= 4 is 5.83 Å². The molecule has 0 bridgehead atoms. The average Bonchev–Trinajstić information content (AvgIpc) is 2.70. The monoisotopic (exact) mass is 392 g/mol. The van der Waals surface area contributed by atoms with Crippen LogP contribution in [0.3, 0.4) is 0 Å². The van der Waals surface area contributed by atoms with E-state index in [1.807, 2.05) is 0 Å². The second-order valence-corrected chi connectivity index (χ2v) is 6.10. The SMILES string of the molecule is CCC(F)=C(F)c1ccc(-c2ccc(-c3cc(F)c(F)c(F)c3)cc2)c(F)c1. The molecular weight excluding hydrogens is 378 g/mol. The molecule has 0 aliphatic rings. The topological polar surface area (TPSA) is 0 Å². The third-order valence-electron chi connectivity index (χ3n) is 4.28. The van der Waals surface area contributed by atoms with Crippen LogP contribution in [0.15, 0.2) is 60.4 Å². The Morgan fingerprint density at radius 2 is 1.25 bits per heavy atom. The van der Waals surface area contributed by atoms with Crippen molar-refractivity contribution in [3.05, 3.63) is 89.3 Å². The van der Waals surface area contributed by atoms with Crippen LogP contribution < -0.4 is 0 Å². The highest BCUT2D eigenvalue weighted by Crippen LogP contribution is 2.31. The molecule has 144 valence electrons. The summed E-state index contributed by atoms with van der Waals surface area (Å²) >= 11 is 0. The predicted molar refractivity (Wildman–Crippen MR) is 96.6 cm³/mol. The zero-order valence-corrected chi connectivity index (χ0v) is 14.7. The van der Waals surface area contributed by atoms with Crippen molar-refractivity contribution in [1.29, 1.82) is 0 Å². The largest absolute Gasteiger partial charge is 0.209 e. The summed E-state index contributed by atoms with van der Waals surface area (Å²) in [6.45, 7) is 1.44. The normalized spacial score (nSPS) is 12.1. The second-order valence-electron chi connectivity index (χ2n) is 6.10. The van der Waals surface area contributed by atoms with Crippen molar-refractivity contribution in [2.24, 2.45) is 0 Å². The van der Waals surface area contributed by atoms with Gasteiger partial charge < -0.3 is 0 Å². The number of allylic oxidation sites excluding steroid dienone is 1. The minimum Gasteiger partial charge on any atom is -0.209 e. The lowest BCUT2D eigenvalue weighted by Crippen LogP contribution is -1.92. The van der Waals surface area contributed by atoms with Gasteiger partial charge in [0.2, 0.25) is 0 Å². The van der Waals surface area contributed by atoms with Gasteiger partial charge in [-0.25, -0.2) is 26.3 Å². The van der Waals surface area contributed by atoms with Crippen molar-refractivity contribution in [2.45, 2.75) is 13.3 Å². The number of hydrogen-bond donors (Lipinski definition) is 0. The molecule has 0 atom stereocenters. The average molecular weight is 392 g/mol. The first-order valence-electron chi connectivity index (χ1n) is 8.41. The summed E-state index contributed by atoms with van der Waals surface area (Å²) in [6.07, 6.45) is -0.138. The van der Waals surface area contributed by atoms with E-state index in [1.54, 1.807) is 0 Å². The third-order valence-corrected chi connectivity index (χ3v) is 4.28. The quantitative estimate of drug-likeness (QED) is 0.317. The molecule has 0 fully saturated rings. The number of benzene rings is 3. The number of hydrogen-bond acceptors (Lipinski definition) is 0. The molecular formula is C22H14F6. The van der Waals surface area contributed by atoms with E-state index >= 15 is 0 Å². The molecule has 0 aliphatic heterocycles. The Morgan fingerprint density at radius 1 is 0.679 bits per heavy atom. The van der Waals surface area contributed by atoms with Gasteiger partial charge in [0.1, 0.15) is 11.6 Å². The molecule has 0 radical (unpaired) electrons. The van der Waals surface area contributed by atoms with Gasteiger partial charge in [-0.05, 0) is 41.3 Å². The maximum absolute atomic E-state index is 14.4. The summed E-state index contributed by atoms with van der Waals surface area (Å²) in [5, 5.41) is 0. The molecule has 0 saturated carbocycles. The zero-order valence-electron chi connectivity index (χ0n) is 14.7. The van der Waals surface area contributed by atoms with Crippen molar-refractivity contribution in [3.63, 3.8) is 0 Å². The molecule has 0 N–H and O–H groups in total. The fraction of sp³-hybridized carbons (Fsp3) is 0.0909. The number of halogens is 6. The van der Waals surface area contributed by atoms with Gasteiger partial charge in [-0.1, -0.05) is 43.3 Å². The molecule has 0 saturated heterocycles. The van der Waals surface area contributed by atoms with Gasteiger partial charge in [0.05, 0.1) is 0 Å². The molecule has 0 amide bonds. The van der Waals surface area contributed by atoms with Crippen LogP contribution in [0.1, 0.15) is 18.9 Å². The van der Waals surface area contributed by atoms with E-state index in [4.69, 9.17) is 0 Å². The van der Waals surface area contributed by atoms with Crippen molar-refractivity contribution < 1.29 is 26.3 Å². The highest BCUT2D eigenvalue weighted by atomic mass is 19.2. The first-order chi connectivity index (χ1) is 13.3. The van der Waals surface area contributed by atoms with Gasteiger partial charge in [0.25, 0.3) is 0 Å². The van der Waals surface area contributed by atoms with E-state index in [9.17, 15) is 26.3 Å². The minimum atomic E-state index is -1.55. The fourth-order valence-electron chi connectivity index (χ4n) is 2.76. The van der Waals surface area contributed by atoms with E-state index in [0.29, 0.717) is 11.1 Å². The smallest absolute Gasteiger partial charge is 0.194 e. The van der Waals surface area contributed by atoms with Crippen LogP contribution in [0.5, 0.6) is 0 Å². The summed E-state index contributed by atoms with van der Waals surface area (Å²) in [5.74, 6) is -6.99.